The van der Waals surface area contributed by atoms with Crippen molar-refractivity contribution in [3.05, 3.63) is 51.5 Å². The highest BCUT2D eigenvalue weighted by atomic mass is 35.5. The van der Waals surface area contributed by atoms with Gasteiger partial charge in [0.2, 0.25) is 5.91 Å². The lowest BCUT2D eigenvalue weighted by Crippen LogP contribution is -2.49. The Bertz CT molecular complexity index is 1150. The van der Waals surface area contributed by atoms with Crippen molar-refractivity contribution in [1.82, 2.24) is 14.9 Å². The maximum Gasteiger partial charge on any atom is 0.294 e. The first kappa shape index (κ1) is 22.2. The number of halogens is 1. The van der Waals surface area contributed by atoms with Crippen LogP contribution < -0.4 is 9.64 Å². The third-order valence-corrected chi connectivity index (χ3v) is 6.28. The summed E-state index contributed by atoms with van der Waals surface area (Å²) in [5.41, 5.74) is 2.19. The fourth-order valence-electron chi connectivity index (χ4n) is 3.62. The summed E-state index contributed by atoms with van der Waals surface area (Å²) in [6.07, 6.45) is 0. The number of carbonyl (C=O) groups is 1. The summed E-state index contributed by atoms with van der Waals surface area (Å²) in [5, 5.41) is 12.4. The average Bonchev–Trinajstić information content (AvgIpc) is 3.20. The zero-order valence-electron chi connectivity index (χ0n) is 17.4. The lowest BCUT2D eigenvalue weighted by atomic mass is 10.2. The number of hydrogen-bond donors (Lipinski definition) is 1. The highest BCUT2D eigenvalue weighted by molar-refractivity contribution is 7.99. The quantitative estimate of drug-likeness (QED) is 0.313. The van der Waals surface area contributed by atoms with Crippen LogP contribution in [0.1, 0.15) is 6.92 Å². The normalized spacial score (nSPS) is 14.1. The van der Waals surface area contributed by atoms with Crippen LogP contribution in [0.3, 0.4) is 0 Å². The summed E-state index contributed by atoms with van der Waals surface area (Å²) in [7, 11) is 0. The molecule has 1 aliphatic rings. The second-order valence-electron chi connectivity index (χ2n) is 7.20. The van der Waals surface area contributed by atoms with Crippen molar-refractivity contribution in [2.45, 2.75) is 12.1 Å². The van der Waals surface area contributed by atoms with Crippen LogP contribution in [0.4, 0.5) is 11.4 Å². The molecular weight excluding hydrogens is 454 g/mol. The number of imidazole rings is 1. The van der Waals surface area contributed by atoms with Gasteiger partial charge in [-0.05, 0) is 31.2 Å². The third-order valence-electron chi connectivity index (χ3n) is 5.18. The monoisotopic (exact) mass is 475 g/mol. The van der Waals surface area contributed by atoms with Crippen LogP contribution in [0, 0.1) is 10.1 Å². The van der Waals surface area contributed by atoms with Gasteiger partial charge in [0, 0.05) is 43.3 Å². The Morgan fingerprint density at radius 1 is 1.25 bits per heavy atom. The molecular formula is C21H22ClN5O4S. The Kier molecular flexibility index (Phi) is 6.71. The number of aromatic nitrogens is 2. The molecule has 0 spiro atoms. The van der Waals surface area contributed by atoms with Crippen molar-refractivity contribution in [1.29, 1.82) is 0 Å². The second-order valence-corrected chi connectivity index (χ2v) is 8.60. The van der Waals surface area contributed by atoms with Gasteiger partial charge in [-0.3, -0.25) is 14.9 Å². The number of benzene rings is 2. The Balaban J connectivity index is 1.33. The summed E-state index contributed by atoms with van der Waals surface area (Å²) >= 11 is 7.26. The Hall–Kier alpha value is -2.98. The van der Waals surface area contributed by atoms with Gasteiger partial charge in [-0.15, -0.1) is 0 Å². The first-order chi connectivity index (χ1) is 15.4. The van der Waals surface area contributed by atoms with Crippen molar-refractivity contribution in [2.75, 3.05) is 43.4 Å². The summed E-state index contributed by atoms with van der Waals surface area (Å²) < 4.78 is 5.50. The zero-order chi connectivity index (χ0) is 22.7. The summed E-state index contributed by atoms with van der Waals surface area (Å²) in [6.45, 7) is 4.55. The van der Waals surface area contributed by atoms with E-state index in [1.54, 1.807) is 17.0 Å². The van der Waals surface area contributed by atoms with E-state index < -0.39 is 4.92 Å². The Morgan fingerprint density at radius 3 is 2.75 bits per heavy atom. The highest BCUT2D eigenvalue weighted by Gasteiger charge is 2.26. The number of hydrogen-bond acceptors (Lipinski definition) is 7. The number of aromatic amines is 1. The van der Waals surface area contributed by atoms with E-state index >= 15 is 0 Å². The molecule has 11 heteroatoms. The van der Waals surface area contributed by atoms with Crippen molar-refractivity contribution in [3.8, 4) is 5.75 Å². The maximum atomic E-state index is 12.7. The van der Waals surface area contributed by atoms with E-state index in [1.165, 1.54) is 17.8 Å². The number of carbonyl (C=O) groups excluding carboxylic acids is 1. The number of thioether (sulfide) groups is 1. The third kappa shape index (κ3) is 4.91. The molecule has 32 heavy (non-hydrogen) atoms. The molecule has 1 amide bonds. The van der Waals surface area contributed by atoms with Crippen LogP contribution in [0.2, 0.25) is 5.02 Å². The maximum absolute atomic E-state index is 12.7. The lowest BCUT2D eigenvalue weighted by Gasteiger charge is -2.35. The molecule has 0 atom stereocenters. The molecule has 9 nitrogen and oxygen atoms in total. The van der Waals surface area contributed by atoms with Crippen LogP contribution in [0.5, 0.6) is 5.75 Å². The van der Waals surface area contributed by atoms with Gasteiger partial charge in [0.25, 0.3) is 5.69 Å². The Labute approximate surface area is 193 Å². The van der Waals surface area contributed by atoms with Crippen molar-refractivity contribution < 1.29 is 14.5 Å². The van der Waals surface area contributed by atoms with E-state index in [0.717, 1.165) is 16.8 Å². The van der Waals surface area contributed by atoms with Gasteiger partial charge in [-0.25, -0.2) is 4.98 Å². The lowest BCUT2D eigenvalue weighted by molar-refractivity contribution is -0.384. The van der Waals surface area contributed by atoms with Crippen LogP contribution >= 0.6 is 23.4 Å². The molecule has 1 aromatic heterocycles. The predicted molar refractivity (Wildman–Crippen MR) is 125 cm³/mol. The van der Waals surface area contributed by atoms with E-state index in [1.807, 2.05) is 30.0 Å². The SMILES string of the molecule is CCOc1ccc2nc(SCC(=O)N3CCN(c4ccc(Cl)cc4[N+](=O)[O-])CC3)[nH]c2c1. The van der Waals surface area contributed by atoms with Crippen LogP contribution in [-0.2, 0) is 4.79 Å². The smallest absolute Gasteiger partial charge is 0.294 e. The molecule has 1 saturated heterocycles. The fourth-order valence-corrected chi connectivity index (χ4v) is 4.57. The number of nitrogens with one attached hydrogen (secondary N) is 1. The number of nitro benzene ring substituents is 1. The zero-order valence-corrected chi connectivity index (χ0v) is 19.0. The van der Waals surface area contributed by atoms with Crippen LogP contribution in [0.25, 0.3) is 11.0 Å². The number of nitrogens with zero attached hydrogens (tertiary/aromatic N) is 4. The van der Waals surface area contributed by atoms with E-state index in [4.69, 9.17) is 16.3 Å². The minimum atomic E-state index is -0.431. The molecule has 168 valence electrons. The molecule has 0 radical (unpaired) electrons. The van der Waals surface area contributed by atoms with Gasteiger partial charge in [0.05, 0.1) is 28.3 Å². The number of piperazine rings is 1. The molecule has 0 aliphatic carbocycles. The minimum absolute atomic E-state index is 0.00992. The summed E-state index contributed by atoms with van der Waals surface area (Å²) in [6, 6.07) is 10.3. The number of anilines is 1. The summed E-state index contributed by atoms with van der Waals surface area (Å²) in [5.74, 6) is 1.05. The molecule has 2 aromatic carbocycles. The predicted octanol–water partition coefficient (Wildman–Crippen LogP) is 3.96. The first-order valence-corrected chi connectivity index (χ1v) is 11.5. The van der Waals surface area contributed by atoms with E-state index in [9.17, 15) is 14.9 Å². The molecule has 1 fully saturated rings. The largest absolute Gasteiger partial charge is 0.494 e. The molecule has 1 N–H and O–H groups in total. The van der Waals surface area contributed by atoms with Gasteiger partial charge in [-0.1, -0.05) is 23.4 Å². The number of nitro groups is 1. The fraction of sp³-hybridized carbons (Fsp3) is 0.333. The van der Waals surface area contributed by atoms with Crippen LogP contribution in [-0.4, -0.2) is 64.2 Å². The second kappa shape index (κ2) is 9.66. The van der Waals surface area contributed by atoms with Gasteiger partial charge in [0.15, 0.2) is 5.16 Å². The standard InChI is InChI=1S/C21H22ClN5O4S/c1-2-31-15-4-5-16-17(12-15)24-21(23-16)32-13-20(28)26-9-7-25(8-10-26)18-6-3-14(22)11-19(18)27(29)30/h3-6,11-12H,2,7-10,13H2,1H3,(H,23,24). The number of fused-ring (bicyclic) bond motifs is 1. The topological polar surface area (TPSA) is 105 Å². The van der Waals surface area contributed by atoms with Gasteiger partial charge in [-0.2, -0.15) is 0 Å². The van der Waals surface area contributed by atoms with Gasteiger partial charge < -0.3 is 19.5 Å². The van der Waals surface area contributed by atoms with E-state index in [0.29, 0.717) is 48.7 Å². The molecule has 3 aromatic rings. The van der Waals surface area contributed by atoms with Crippen LogP contribution in [0.15, 0.2) is 41.6 Å². The molecule has 1 aliphatic heterocycles. The number of amides is 1. The van der Waals surface area contributed by atoms with Gasteiger partial charge >= 0.3 is 0 Å². The van der Waals surface area contributed by atoms with Crippen molar-refractivity contribution >= 4 is 51.7 Å². The highest BCUT2D eigenvalue weighted by Crippen LogP contribution is 2.32. The van der Waals surface area contributed by atoms with E-state index in [2.05, 4.69) is 9.97 Å². The molecule has 4 rings (SSSR count). The van der Waals surface area contributed by atoms with Crippen molar-refractivity contribution in [2.24, 2.45) is 0 Å². The van der Waals surface area contributed by atoms with E-state index in [-0.39, 0.29) is 17.3 Å². The summed E-state index contributed by atoms with van der Waals surface area (Å²) in [4.78, 5) is 35.1. The van der Waals surface area contributed by atoms with Crippen molar-refractivity contribution in [3.63, 3.8) is 0 Å². The molecule has 0 saturated carbocycles. The molecule has 0 bridgehead atoms. The molecule has 2 heterocycles. The van der Waals surface area contributed by atoms with Gasteiger partial charge in [0.1, 0.15) is 11.4 Å². The minimum Gasteiger partial charge on any atom is -0.494 e. The first-order valence-electron chi connectivity index (χ1n) is 10.2. The number of ether oxygens (including phenoxy) is 1. The average molecular weight is 476 g/mol. The Morgan fingerprint density at radius 2 is 2.03 bits per heavy atom. The molecule has 0 unspecified atom stereocenters. The number of H-pyrrole nitrogens is 1. The number of rotatable bonds is 7.